The number of hydrogen-bond acceptors (Lipinski definition) is 6. The third-order valence-corrected chi connectivity index (χ3v) is 6.23. The zero-order valence-corrected chi connectivity index (χ0v) is 20.2. The second kappa shape index (κ2) is 10.6. The van der Waals surface area contributed by atoms with Gasteiger partial charge in [0, 0.05) is 23.2 Å². The van der Waals surface area contributed by atoms with E-state index < -0.39 is 16.0 Å². The molecule has 0 spiro atoms. The summed E-state index contributed by atoms with van der Waals surface area (Å²) in [6, 6.07) is 16.6. The van der Waals surface area contributed by atoms with Crippen LogP contribution < -0.4 is 14.9 Å². The molecule has 170 valence electrons. The summed E-state index contributed by atoms with van der Waals surface area (Å²) in [4.78, 5) is 23.1. The molecule has 0 bridgehead atoms. The molecule has 0 atom stereocenters. The van der Waals surface area contributed by atoms with E-state index in [2.05, 4.69) is 31.8 Å². The van der Waals surface area contributed by atoms with Gasteiger partial charge in [0.1, 0.15) is 4.90 Å². The molecule has 2 N–H and O–H groups in total. The summed E-state index contributed by atoms with van der Waals surface area (Å²) >= 11 is 9.08. The zero-order valence-electron chi connectivity index (χ0n) is 17.1. The number of rotatable bonds is 7. The average molecular weight is 551 g/mol. The summed E-state index contributed by atoms with van der Waals surface area (Å²) in [6.45, 7) is 1.35. The van der Waals surface area contributed by atoms with Crippen molar-refractivity contribution in [3.8, 4) is 5.75 Å². The molecule has 8 nitrogen and oxygen atoms in total. The largest absolute Gasteiger partial charge is 0.378 e. The Bertz CT molecular complexity index is 1310. The highest BCUT2D eigenvalue weighted by molar-refractivity contribution is 9.10. The van der Waals surface area contributed by atoms with Crippen molar-refractivity contribution < 1.29 is 22.2 Å². The van der Waals surface area contributed by atoms with Crippen molar-refractivity contribution in [2.45, 2.75) is 11.8 Å². The first-order valence-electron chi connectivity index (χ1n) is 9.35. The van der Waals surface area contributed by atoms with E-state index in [1.54, 1.807) is 36.4 Å². The van der Waals surface area contributed by atoms with Gasteiger partial charge in [0.2, 0.25) is 5.91 Å². The molecule has 11 heteroatoms. The van der Waals surface area contributed by atoms with Crippen LogP contribution in [-0.4, -0.2) is 26.4 Å². The summed E-state index contributed by atoms with van der Waals surface area (Å²) in [7, 11) is -4.10. The molecular weight excluding hydrogens is 534 g/mol. The summed E-state index contributed by atoms with van der Waals surface area (Å²) in [5, 5.41) is 6.97. The van der Waals surface area contributed by atoms with Crippen LogP contribution in [-0.2, 0) is 14.9 Å². The Hall–Kier alpha value is -3.21. The Morgan fingerprint density at radius 2 is 1.70 bits per heavy atom. The highest BCUT2D eigenvalue weighted by Crippen LogP contribution is 2.29. The summed E-state index contributed by atoms with van der Waals surface area (Å²) in [5.41, 5.74) is 3.85. The van der Waals surface area contributed by atoms with Crippen molar-refractivity contribution in [2.75, 3.05) is 5.32 Å². The first-order valence-corrected chi connectivity index (χ1v) is 11.9. The lowest BCUT2D eigenvalue weighted by Gasteiger charge is -2.10. The molecule has 0 saturated heterocycles. The van der Waals surface area contributed by atoms with E-state index in [1.807, 2.05) is 0 Å². The maximum absolute atomic E-state index is 12.6. The van der Waals surface area contributed by atoms with Gasteiger partial charge in [-0.15, -0.1) is 0 Å². The van der Waals surface area contributed by atoms with Crippen LogP contribution in [0, 0.1) is 0 Å². The van der Waals surface area contributed by atoms with Gasteiger partial charge >= 0.3 is 10.1 Å². The van der Waals surface area contributed by atoms with E-state index in [0.29, 0.717) is 26.3 Å². The smallest absolute Gasteiger partial charge is 0.339 e. The maximum atomic E-state index is 12.6. The van der Waals surface area contributed by atoms with E-state index in [9.17, 15) is 18.0 Å². The predicted molar refractivity (Wildman–Crippen MR) is 129 cm³/mol. The lowest BCUT2D eigenvalue weighted by atomic mass is 10.2. The van der Waals surface area contributed by atoms with Crippen molar-refractivity contribution in [1.29, 1.82) is 0 Å². The van der Waals surface area contributed by atoms with Crippen molar-refractivity contribution in [1.82, 2.24) is 5.43 Å². The fourth-order valence-electron chi connectivity index (χ4n) is 2.57. The third kappa shape index (κ3) is 6.88. The van der Waals surface area contributed by atoms with Crippen LogP contribution in [0.5, 0.6) is 5.75 Å². The van der Waals surface area contributed by atoms with Crippen LogP contribution in [0.15, 0.2) is 81.2 Å². The number of carbonyl (C=O) groups is 2. The fraction of sp³-hybridized carbons (Fsp3) is 0.0455. The van der Waals surface area contributed by atoms with Gasteiger partial charge in [-0.25, -0.2) is 5.43 Å². The number of hydrazone groups is 1. The number of nitrogens with zero attached hydrogens (tertiary/aromatic N) is 1. The lowest BCUT2D eigenvalue weighted by Crippen LogP contribution is -2.17. The van der Waals surface area contributed by atoms with E-state index >= 15 is 0 Å². The van der Waals surface area contributed by atoms with Crippen LogP contribution in [0.1, 0.15) is 22.8 Å². The highest BCUT2D eigenvalue weighted by atomic mass is 79.9. The third-order valence-electron chi connectivity index (χ3n) is 4.10. The number of amides is 2. The molecule has 0 aromatic heterocycles. The SMILES string of the molecule is CC(=O)Nc1ccc(S(=O)(=O)Oc2ccc(/C=N\NC(=O)c3ccc(Cl)cc3)cc2Br)cc1. The molecule has 0 aliphatic rings. The number of anilines is 1. The second-order valence-corrected chi connectivity index (χ2v) is 9.48. The molecular formula is C22H17BrClN3O5S. The van der Waals surface area contributed by atoms with Crippen molar-refractivity contribution in [3.63, 3.8) is 0 Å². The lowest BCUT2D eigenvalue weighted by molar-refractivity contribution is -0.114. The van der Waals surface area contributed by atoms with Gasteiger partial charge in [0.05, 0.1) is 10.7 Å². The molecule has 0 aliphatic heterocycles. The number of carbonyl (C=O) groups excluding carboxylic acids is 2. The van der Waals surface area contributed by atoms with Crippen LogP contribution in [0.25, 0.3) is 0 Å². The maximum Gasteiger partial charge on any atom is 0.339 e. The Labute approximate surface area is 203 Å². The molecule has 0 saturated carbocycles. The molecule has 0 unspecified atom stereocenters. The molecule has 0 aliphatic carbocycles. The van der Waals surface area contributed by atoms with E-state index in [1.165, 1.54) is 43.5 Å². The number of benzene rings is 3. The van der Waals surface area contributed by atoms with Gasteiger partial charge in [-0.1, -0.05) is 11.6 Å². The summed E-state index contributed by atoms with van der Waals surface area (Å²) in [5.74, 6) is -0.597. The standard InChI is InChI=1S/C22H17BrClN3O5S/c1-14(28)26-18-7-9-19(10-8-18)33(30,31)32-21-11-2-15(12-20(21)23)13-25-27-22(29)16-3-5-17(24)6-4-16/h2-13H,1H3,(H,26,28)(H,27,29)/b25-13-. The predicted octanol–water partition coefficient (Wildman–Crippen LogP) is 4.59. The monoisotopic (exact) mass is 549 g/mol. The average Bonchev–Trinajstić information content (AvgIpc) is 2.76. The molecule has 33 heavy (non-hydrogen) atoms. The highest BCUT2D eigenvalue weighted by Gasteiger charge is 2.18. The van der Waals surface area contributed by atoms with Crippen LogP contribution >= 0.6 is 27.5 Å². The molecule has 3 aromatic rings. The van der Waals surface area contributed by atoms with Gasteiger partial charge in [0.15, 0.2) is 5.75 Å². The minimum Gasteiger partial charge on any atom is -0.378 e. The van der Waals surface area contributed by atoms with E-state index in [0.717, 1.165) is 0 Å². The quantitative estimate of drug-likeness (QED) is 0.254. The topological polar surface area (TPSA) is 114 Å². The summed E-state index contributed by atoms with van der Waals surface area (Å²) < 4.78 is 30.7. The van der Waals surface area contributed by atoms with E-state index in [4.69, 9.17) is 15.8 Å². The number of hydrogen-bond donors (Lipinski definition) is 2. The van der Waals surface area contributed by atoms with Gasteiger partial charge in [0.25, 0.3) is 5.91 Å². The molecule has 2 amide bonds. The zero-order chi connectivity index (χ0) is 24.0. The minimum atomic E-state index is -4.10. The minimum absolute atomic E-state index is 0.0703. The van der Waals surface area contributed by atoms with Crippen molar-refractivity contribution in [3.05, 3.63) is 87.4 Å². The Morgan fingerprint density at radius 3 is 2.30 bits per heavy atom. The van der Waals surface area contributed by atoms with Crippen LogP contribution in [0.4, 0.5) is 5.69 Å². The molecule has 3 aromatic carbocycles. The molecule has 0 fully saturated rings. The van der Waals surface area contributed by atoms with Gasteiger partial charge in [-0.3, -0.25) is 9.59 Å². The normalized spacial score (nSPS) is 11.2. The molecule has 0 radical (unpaired) electrons. The Morgan fingerprint density at radius 1 is 1.03 bits per heavy atom. The number of halogens is 2. The first-order chi connectivity index (χ1) is 15.6. The first kappa shape index (κ1) is 24.4. The van der Waals surface area contributed by atoms with Crippen LogP contribution in [0.2, 0.25) is 5.02 Å². The Kier molecular flexibility index (Phi) is 7.85. The van der Waals surface area contributed by atoms with Gasteiger partial charge in [-0.05, 0) is 88.2 Å². The number of nitrogens with one attached hydrogen (secondary N) is 2. The molecule has 3 rings (SSSR count). The van der Waals surface area contributed by atoms with Crippen LogP contribution in [0.3, 0.4) is 0 Å². The summed E-state index contributed by atoms with van der Waals surface area (Å²) in [6.07, 6.45) is 1.40. The van der Waals surface area contributed by atoms with Crippen molar-refractivity contribution >= 4 is 61.4 Å². The Balaban J connectivity index is 1.66. The molecule has 0 heterocycles. The van der Waals surface area contributed by atoms with E-state index in [-0.39, 0.29) is 16.6 Å². The van der Waals surface area contributed by atoms with Crippen molar-refractivity contribution in [2.24, 2.45) is 5.10 Å². The second-order valence-electron chi connectivity index (χ2n) is 6.64. The van der Waals surface area contributed by atoms with Gasteiger partial charge < -0.3 is 9.50 Å². The fourth-order valence-corrected chi connectivity index (χ4v) is 4.23. The van der Waals surface area contributed by atoms with Gasteiger partial charge in [-0.2, -0.15) is 13.5 Å².